The van der Waals surface area contributed by atoms with Gasteiger partial charge in [0.1, 0.15) is 16.6 Å². The maximum atomic E-state index is 12.7. The Morgan fingerprint density at radius 3 is 2.42 bits per heavy atom. The summed E-state index contributed by atoms with van der Waals surface area (Å²) in [7, 11) is -3.94. The van der Waals surface area contributed by atoms with Gasteiger partial charge in [-0.1, -0.05) is 47.8 Å². The van der Waals surface area contributed by atoms with Crippen LogP contribution in [-0.2, 0) is 14.8 Å². The first-order valence-corrected chi connectivity index (χ1v) is 11.5. The largest absolute Gasteiger partial charge is 0.424 e. The van der Waals surface area contributed by atoms with Gasteiger partial charge in [-0.05, 0) is 44.0 Å². The molecule has 0 saturated carbocycles. The lowest BCUT2D eigenvalue weighted by Gasteiger charge is -2.17. The normalized spacial score (nSPS) is 12.7. The molecular weight excluding hydrogens is 465 g/mol. The van der Waals surface area contributed by atoms with Crippen LogP contribution in [0.3, 0.4) is 0 Å². The molecular formula is C21H19Cl2NO6S. The summed E-state index contributed by atoms with van der Waals surface area (Å²) < 4.78 is 38.0. The summed E-state index contributed by atoms with van der Waals surface area (Å²) in [5.41, 5.74) is 0.778. The topological polar surface area (TPSA) is 103 Å². The van der Waals surface area contributed by atoms with Crippen molar-refractivity contribution in [3.63, 3.8) is 0 Å². The Bertz CT molecular complexity index is 1320. The molecule has 1 heterocycles. The standard InChI is InChI=1S/C21H19Cl2NO6S/c1-4-16(24-31(27,28)13-7-5-11(2)6-8-13)20(25)30-18-10-17-14(9-15(18)22)12(3)19(23)21(26)29-17/h5-10,16,24H,4H2,1-3H3/t16-/m1/s1. The van der Waals surface area contributed by atoms with Gasteiger partial charge < -0.3 is 9.15 Å². The molecule has 0 aliphatic heterocycles. The van der Waals surface area contributed by atoms with E-state index in [9.17, 15) is 18.0 Å². The molecule has 0 amide bonds. The number of rotatable bonds is 6. The highest BCUT2D eigenvalue weighted by Gasteiger charge is 2.27. The molecule has 0 aliphatic rings. The molecule has 10 heteroatoms. The van der Waals surface area contributed by atoms with Gasteiger partial charge in [0.25, 0.3) is 0 Å². The SMILES string of the molecule is CC[C@@H](NS(=O)(=O)c1ccc(C)cc1)C(=O)Oc1cc2oc(=O)c(Cl)c(C)c2cc1Cl. The lowest BCUT2D eigenvalue weighted by Crippen LogP contribution is -2.42. The van der Waals surface area contributed by atoms with Gasteiger partial charge in [-0.25, -0.2) is 18.0 Å². The third-order valence-electron chi connectivity index (χ3n) is 4.68. The van der Waals surface area contributed by atoms with E-state index in [0.717, 1.165) is 5.56 Å². The highest BCUT2D eigenvalue weighted by atomic mass is 35.5. The molecule has 7 nitrogen and oxygen atoms in total. The first-order chi connectivity index (χ1) is 14.5. The van der Waals surface area contributed by atoms with E-state index in [1.165, 1.54) is 24.3 Å². The van der Waals surface area contributed by atoms with Crippen LogP contribution in [0.4, 0.5) is 0 Å². The van der Waals surface area contributed by atoms with E-state index in [-0.39, 0.29) is 32.7 Å². The second-order valence-electron chi connectivity index (χ2n) is 6.92. The van der Waals surface area contributed by atoms with E-state index in [1.54, 1.807) is 26.0 Å². The second kappa shape index (κ2) is 9.00. The van der Waals surface area contributed by atoms with Crippen LogP contribution in [0.1, 0.15) is 24.5 Å². The number of hydrogen-bond donors (Lipinski definition) is 1. The lowest BCUT2D eigenvalue weighted by molar-refractivity contribution is -0.136. The molecule has 3 aromatic rings. The molecule has 164 valence electrons. The second-order valence-corrected chi connectivity index (χ2v) is 9.42. The Kier molecular flexibility index (Phi) is 6.76. The minimum atomic E-state index is -3.94. The monoisotopic (exact) mass is 483 g/mol. The molecule has 0 bridgehead atoms. The van der Waals surface area contributed by atoms with Crippen LogP contribution in [0, 0.1) is 13.8 Å². The number of benzene rings is 2. The van der Waals surface area contributed by atoms with E-state index >= 15 is 0 Å². The van der Waals surface area contributed by atoms with Crippen LogP contribution in [-0.4, -0.2) is 20.4 Å². The summed E-state index contributed by atoms with van der Waals surface area (Å²) in [5.74, 6) is -0.926. The van der Waals surface area contributed by atoms with E-state index in [2.05, 4.69) is 4.72 Å². The number of carbonyl (C=O) groups is 1. The fraction of sp³-hybridized carbons (Fsp3) is 0.238. The number of nitrogens with one attached hydrogen (secondary N) is 1. The smallest absolute Gasteiger partial charge is 0.355 e. The van der Waals surface area contributed by atoms with E-state index in [4.69, 9.17) is 32.4 Å². The van der Waals surface area contributed by atoms with E-state index < -0.39 is 27.7 Å². The lowest BCUT2D eigenvalue weighted by atomic mass is 10.1. The van der Waals surface area contributed by atoms with Gasteiger partial charge in [0.15, 0.2) is 5.75 Å². The van der Waals surface area contributed by atoms with Gasteiger partial charge >= 0.3 is 11.6 Å². The molecule has 1 atom stereocenters. The Morgan fingerprint density at radius 1 is 1.16 bits per heavy atom. The predicted octanol–water partition coefficient (Wildman–Crippen LogP) is 4.38. The molecule has 0 unspecified atom stereocenters. The Labute approximate surface area is 189 Å². The molecule has 3 rings (SSSR count). The Morgan fingerprint density at radius 2 is 1.81 bits per heavy atom. The summed E-state index contributed by atoms with van der Waals surface area (Å²) in [6.07, 6.45) is 0.138. The third-order valence-corrected chi connectivity index (χ3v) is 6.90. The number of aryl methyl sites for hydroxylation is 2. The van der Waals surface area contributed by atoms with Gasteiger partial charge in [-0.15, -0.1) is 0 Å². The van der Waals surface area contributed by atoms with Crippen LogP contribution in [0.5, 0.6) is 5.75 Å². The number of halogens is 2. The number of fused-ring (bicyclic) bond motifs is 1. The third kappa shape index (κ3) is 4.93. The number of carbonyl (C=O) groups excluding carboxylic acids is 1. The summed E-state index contributed by atoms with van der Waals surface area (Å²) in [4.78, 5) is 24.5. The molecule has 1 aromatic heterocycles. The molecule has 2 aromatic carbocycles. The zero-order chi connectivity index (χ0) is 22.9. The van der Waals surface area contributed by atoms with Crippen LogP contribution >= 0.6 is 23.2 Å². The van der Waals surface area contributed by atoms with E-state index in [1.807, 2.05) is 6.92 Å². The Balaban J connectivity index is 1.87. The number of esters is 1. The van der Waals surface area contributed by atoms with Crippen molar-refractivity contribution in [2.24, 2.45) is 0 Å². The molecule has 1 N–H and O–H groups in total. The molecule has 0 saturated heterocycles. The average molecular weight is 484 g/mol. The molecule has 0 fully saturated rings. The van der Waals surface area contributed by atoms with Gasteiger partial charge in [0, 0.05) is 11.5 Å². The van der Waals surface area contributed by atoms with Crippen molar-refractivity contribution in [1.29, 1.82) is 0 Å². The summed E-state index contributed by atoms with van der Waals surface area (Å²) in [5, 5.41) is 0.497. The van der Waals surface area contributed by atoms with Crippen molar-refractivity contribution >= 4 is 50.2 Å². The summed E-state index contributed by atoms with van der Waals surface area (Å²) >= 11 is 12.1. The van der Waals surface area contributed by atoms with Crippen molar-refractivity contribution in [2.75, 3.05) is 0 Å². The van der Waals surface area contributed by atoms with Crippen LogP contribution in [0.25, 0.3) is 11.0 Å². The molecule has 0 radical (unpaired) electrons. The van der Waals surface area contributed by atoms with Crippen molar-refractivity contribution in [3.05, 3.63) is 68.0 Å². The minimum Gasteiger partial charge on any atom is -0.424 e. The predicted molar refractivity (Wildman–Crippen MR) is 118 cm³/mol. The average Bonchev–Trinajstić information content (AvgIpc) is 2.72. The molecule has 0 spiro atoms. The maximum Gasteiger partial charge on any atom is 0.355 e. The van der Waals surface area contributed by atoms with Crippen LogP contribution < -0.4 is 15.1 Å². The van der Waals surface area contributed by atoms with Gasteiger partial charge in [0.2, 0.25) is 10.0 Å². The Hall–Kier alpha value is -2.39. The minimum absolute atomic E-state index is 0.0298. The molecule has 31 heavy (non-hydrogen) atoms. The fourth-order valence-corrected chi connectivity index (χ4v) is 4.47. The van der Waals surface area contributed by atoms with Crippen molar-refractivity contribution in [3.8, 4) is 5.75 Å². The first-order valence-electron chi connectivity index (χ1n) is 9.26. The van der Waals surface area contributed by atoms with Gasteiger partial charge in [-0.3, -0.25) is 0 Å². The van der Waals surface area contributed by atoms with Crippen molar-refractivity contribution in [1.82, 2.24) is 4.72 Å². The summed E-state index contributed by atoms with van der Waals surface area (Å²) in [6.45, 7) is 5.10. The number of sulfonamides is 1. The van der Waals surface area contributed by atoms with Crippen molar-refractivity contribution in [2.45, 2.75) is 38.1 Å². The van der Waals surface area contributed by atoms with Crippen LogP contribution in [0.15, 0.2) is 50.5 Å². The zero-order valence-corrected chi connectivity index (χ0v) is 19.2. The first kappa shape index (κ1) is 23.3. The quantitative estimate of drug-likeness (QED) is 0.317. The number of ether oxygens (including phenoxy) is 1. The summed E-state index contributed by atoms with van der Waals surface area (Å²) in [6, 6.07) is 7.81. The van der Waals surface area contributed by atoms with Gasteiger partial charge in [-0.2, -0.15) is 4.72 Å². The highest BCUT2D eigenvalue weighted by molar-refractivity contribution is 7.89. The molecule has 0 aliphatic carbocycles. The highest BCUT2D eigenvalue weighted by Crippen LogP contribution is 2.33. The van der Waals surface area contributed by atoms with Crippen LogP contribution in [0.2, 0.25) is 10.0 Å². The zero-order valence-electron chi connectivity index (χ0n) is 16.9. The van der Waals surface area contributed by atoms with Crippen molar-refractivity contribution < 1.29 is 22.4 Å². The maximum absolute atomic E-state index is 12.7. The van der Waals surface area contributed by atoms with Gasteiger partial charge in [0.05, 0.1) is 9.92 Å². The fourth-order valence-electron chi connectivity index (χ4n) is 2.86. The van der Waals surface area contributed by atoms with E-state index in [0.29, 0.717) is 10.9 Å². The number of hydrogen-bond acceptors (Lipinski definition) is 6.